The number of hydrogen-bond acceptors (Lipinski definition) is 5. The van der Waals surface area contributed by atoms with E-state index in [4.69, 9.17) is 23.2 Å². The zero-order valence-corrected chi connectivity index (χ0v) is 16.2. The van der Waals surface area contributed by atoms with Gasteiger partial charge in [-0.15, -0.1) is 11.3 Å². The fraction of sp³-hybridized carbons (Fsp3) is 0.125. The molecule has 2 heterocycles. The quantitative estimate of drug-likeness (QED) is 0.676. The van der Waals surface area contributed by atoms with E-state index in [2.05, 4.69) is 14.7 Å². The summed E-state index contributed by atoms with van der Waals surface area (Å²) in [5, 5.41) is 1.30. The monoisotopic (exact) mass is 413 g/mol. The molecule has 0 radical (unpaired) electrons. The zero-order valence-electron chi connectivity index (χ0n) is 13.0. The van der Waals surface area contributed by atoms with Crippen molar-refractivity contribution in [2.45, 2.75) is 18.4 Å². The van der Waals surface area contributed by atoms with Gasteiger partial charge in [-0.25, -0.2) is 18.1 Å². The summed E-state index contributed by atoms with van der Waals surface area (Å²) in [6.07, 6.45) is 3.41. The van der Waals surface area contributed by atoms with E-state index in [1.807, 2.05) is 19.1 Å². The number of halogens is 2. The van der Waals surface area contributed by atoms with Crippen molar-refractivity contribution in [2.24, 2.45) is 0 Å². The fourth-order valence-corrected chi connectivity index (χ4v) is 4.56. The summed E-state index contributed by atoms with van der Waals surface area (Å²) >= 11 is 13.2. The van der Waals surface area contributed by atoms with Crippen LogP contribution in [0, 0.1) is 6.92 Å². The lowest BCUT2D eigenvalue weighted by Gasteiger charge is -2.07. The number of hydrogen-bond donors (Lipinski definition) is 1. The minimum atomic E-state index is -3.70. The molecule has 25 heavy (non-hydrogen) atoms. The van der Waals surface area contributed by atoms with Crippen LogP contribution in [0.25, 0.3) is 10.6 Å². The Balaban J connectivity index is 1.79. The average molecular weight is 414 g/mol. The normalized spacial score (nSPS) is 11.6. The number of benzene rings is 1. The van der Waals surface area contributed by atoms with E-state index in [-0.39, 0.29) is 16.5 Å². The number of nitrogens with zero attached hydrogens (tertiary/aromatic N) is 2. The Hall–Kier alpha value is -1.51. The van der Waals surface area contributed by atoms with E-state index in [0.29, 0.717) is 5.02 Å². The van der Waals surface area contributed by atoms with Gasteiger partial charge in [0.1, 0.15) is 5.01 Å². The van der Waals surface area contributed by atoms with Crippen LogP contribution in [0.2, 0.25) is 10.0 Å². The Kier molecular flexibility index (Phi) is 5.41. The summed E-state index contributed by atoms with van der Waals surface area (Å²) in [4.78, 5) is 9.46. The molecule has 0 spiro atoms. The first-order chi connectivity index (χ1) is 11.9. The highest BCUT2D eigenvalue weighted by atomic mass is 35.5. The number of aromatic nitrogens is 2. The van der Waals surface area contributed by atoms with Gasteiger partial charge in [0.2, 0.25) is 10.0 Å². The molecule has 0 saturated heterocycles. The molecule has 5 nitrogen and oxygen atoms in total. The Morgan fingerprint density at radius 1 is 1.20 bits per heavy atom. The predicted molar refractivity (Wildman–Crippen MR) is 101 cm³/mol. The highest BCUT2D eigenvalue weighted by Crippen LogP contribution is 2.28. The highest BCUT2D eigenvalue weighted by molar-refractivity contribution is 7.89. The molecule has 9 heteroatoms. The average Bonchev–Trinajstić information content (AvgIpc) is 2.97. The predicted octanol–water partition coefficient (Wildman–Crippen LogP) is 4.30. The van der Waals surface area contributed by atoms with Gasteiger partial charge in [0.05, 0.1) is 20.6 Å². The first kappa shape index (κ1) is 18.3. The summed E-state index contributed by atoms with van der Waals surface area (Å²) < 4.78 is 27.4. The van der Waals surface area contributed by atoms with E-state index in [9.17, 15) is 8.42 Å². The fourth-order valence-electron chi connectivity index (χ4n) is 2.09. The third-order valence-corrected chi connectivity index (χ3v) is 6.77. The number of pyridine rings is 1. The molecule has 0 atom stereocenters. The van der Waals surface area contributed by atoms with Crippen LogP contribution in [0.1, 0.15) is 10.6 Å². The second-order valence-corrected chi connectivity index (χ2v) is 8.83. The number of nitrogens with one attached hydrogen (secondary N) is 1. The van der Waals surface area contributed by atoms with Gasteiger partial charge < -0.3 is 0 Å². The largest absolute Gasteiger partial charge is 0.264 e. The zero-order chi connectivity index (χ0) is 18.0. The van der Waals surface area contributed by atoms with Crippen molar-refractivity contribution in [1.82, 2.24) is 14.7 Å². The molecule has 0 amide bonds. The molecule has 2 aromatic heterocycles. The van der Waals surface area contributed by atoms with Gasteiger partial charge in [-0.2, -0.15) is 0 Å². The van der Waals surface area contributed by atoms with Crippen molar-refractivity contribution in [3.8, 4) is 10.6 Å². The molecule has 3 rings (SSSR count). The van der Waals surface area contributed by atoms with Crippen molar-refractivity contribution in [1.29, 1.82) is 0 Å². The van der Waals surface area contributed by atoms with Crippen molar-refractivity contribution in [3.05, 3.63) is 63.3 Å². The Morgan fingerprint density at radius 2 is 2.00 bits per heavy atom. The first-order valence-corrected chi connectivity index (χ1v) is 10.2. The number of thiazole rings is 1. The van der Waals surface area contributed by atoms with Crippen molar-refractivity contribution >= 4 is 44.6 Å². The summed E-state index contributed by atoms with van der Waals surface area (Å²) in [5.74, 6) is 0. The Bertz CT molecular complexity index is 1010. The van der Waals surface area contributed by atoms with Crippen LogP contribution in [0.15, 0.2) is 47.6 Å². The molecule has 0 aliphatic rings. The Labute approximate surface area is 159 Å². The van der Waals surface area contributed by atoms with E-state index in [0.717, 1.165) is 21.1 Å². The molecule has 0 aliphatic carbocycles. The lowest BCUT2D eigenvalue weighted by molar-refractivity contribution is 0.581. The molecule has 0 saturated carbocycles. The Morgan fingerprint density at radius 3 is 2.68 bits per heavy atom. The SMILES string of the molecule is Cc1nc(-c2cccnc2)sc1CNS(=O)(=O)c1ccc(Cl)c(Cl)c1. The van der Waals surface area contributed by atoms with Crippen LogP contribution in [-0.4, -0.2) is 18.4 Å². The van der Waals surface area contributed by atoms with Gasteiger partial charge in [-0.05, 0) is 37.3 Å². The minimum Gasteiger partial charge on any atom is -0.264 e. The van der Waals surface area contributed by atoms with E-state index in [1.165, 1.54) is 29.5 Å². The smallest absolute Gasteiger partial charge is 0.240 e. The van der Waals surface area contributed by atoms with Gasteiger partial charge in [0.25, 0.3) is 0 Å². The molecule has 0 unspecified atom stereocenters. The third kappa shape index (κ3) is 4.19. The van der Waals surface area contributed by atoms with E-state index >= 15 is 0 Å². The lowest BCUT2D eigenvalue weighted by atomic mass is 10.3. The summed E-state index contributed by atoms with van der Waals surface area (Å²) in [5.41, 5.74) is 1.68. The van der Waals surface area contributed by atoms with Gasteiger partial charge in [0, 0.05) is 29.4 Å². The molecule has 0 bridgehead atoms. The molecular weight excluding hydrogens is 401 g/mol. The summed E-state index contributed by atoms with van der Waals surface area (Å²) in [7, 11) is -3.70. The van der Waals surface area contributed by atoms with Crippen molar-refractivity contribution in [2.75, 3.05) is 0 Å². The van der Waals surface area contributed by atoms with Crippen LogP contribution in [0.5, 0.6) is 0 Å². The van der Waals surface area contributed by atoms with Gasteiger partial charge in [-0.1, -0.05) is 23.2 Å². The molecule has 130 valence electrons. The lowest BCUT2D eigenvalue weighted by Crippen LogP contribution is -2.23. The van der Waals surface area contributed by atoms with Crippen LogP contribution < -0.4 is 4.72 Å². The first-order valence-electron chi connectivity index (χ1n) is 7.18. The van der Waals surface area contributed by atoms with Crippen molar-refractivity contribution in [3.63, 3.8) is 0 Å². The van der Waals surface area contributed by atoms with Crippen LogP contribution >= 0.6 is 34.5 Å². The third-order valence-electron chi connectivity index (χ3n) is 3.43. The van der Waals surface area contributed by atoms with Gasteiger partial charge in [0.15, 0.2) is 0 Å². The molecular formula is C16H13Cl2N3O2S2. The summed E-state index contributed by atoms with van der Waals surface area (Å²) in [6, 6.07) is 7.94. The molecule has 1 N–H and O–H groups in total. The molecule has 1 aromatic carbocycles. The minimum absolute atomic E-state index is 0.0663. The second-order valence-electron chi connectivity index (χ2n) is 5.17. The topological polar surface area (TPSA) is 72.0 Å². The summed E-state index contributed by atoms with van der Waals surface area (Å²) in [6.45, 7) is 1.99. The van der Waals surface area contributed by atoms with E-state index in [1.54, 1.807) is 12.4 Å². The van der Waals surface area contributed by atoms with Crippen molar-refractivity contribution < 1.29 is 8.42 Å². The van der Waals surface area contributed by atoms with Crippen LogP contribution in [0.3, 0.4) is 0 Å². The van der Waals surface area contributed by atoms with Crippen LogP contribution in [-0.2, 0) is 16.6 Å². The standard InChI is InChI=1S/C16H13Cl2N3O2S2/c1-10-15(24-16(21-10)11-3-2-6-19-8-11)9-20-25(22,23)12-4-5-13(17)14(18)7-12/h2-8,20H,9H2,1H3. The maximum Gasteiger partial charge on any atom is 0.240 e. The molecule has 0 fully saturated rings. The van der Waals surface area contributed by atoms with Crippen LogP contribution in [0.4, 0.5) is 0 Å². The number of aryl methyl sites for hydroxylation is 1. The highest BCUT2D eigenvalue weighted by Gasteiger charge is 2.17. The molecule has 0 aliphatic heterocycles. The maximum absolute atomic E-state index is 12.4. The van der Waals surface area contributed by atoms with Gasteiger partial charge >= 0.3 is 0 Å². The van der Waals surface area contributed by atoms with Gasteiger partial charge in [-0.3, -0.25) is 4.98 Å². The maximum atomic E-state index is 12.4. The second kappa shape index (κ2) is 7.39. The number of rotatable bonds is 5. The molecule has 3 aromatic rings. The number of sulfonamides is 1. The van der Waals surface area contributed by atoms with E-state index < -0.39 is 10.0 Å².